The van der Waals surface area contributed by atoms with Crippen molar-refractivity contribution >= 4 is 28.0 Å². The Balaban J connectivity index is 1.45. The van der Waals surface area contributed by atoms with E-state index in [0.717, 1.165) is 47.0 Å². The minimum atomic E-state index is -1.00. The fourth-order valence-corrected chi connectivity index (χ4v) is 3.86. The van der Waals surface area contributed by atoms with E-state index in [1.54, 1.807) is 27.2 Å². The molecule has 0 bridgehead atoms. The predicted molar refractivity (Wildman–Crippen MR) is 137 cm³/mol. The number of fused-ring (bicyclic) bond motifs is 1. The van der Waals surface area contributed by atoms with E-state index in [2.05, 4.69) is 32.9 Å². The molecule has 0 unspecified atom stereocenters. The normalized spacial score (nSPS) is 11.4. The number of rotatable bonds is 10. The van der Waals surface area contributed by atoms with Gasteiger partial charge >= 0.3 is 0 Å². The Hall–Kier alpha value is -3.71. The van der Waals surface area contributed by atoms with Crippen LogP contribution in [0.4, 0.5) is 17.1 Å². The Bertz CT molecular complexity index is 1260. The molecule has 178 valence electrons. The molecular formula is C27H32N4O3. The van der Waals surface area contributed by atoms with Crippen LogP contribution in [0.15, 0.2) is 60.9 Å². The second-order valence-corrected chi connectivity index (χ2v) is 8.66. The molecular weight excluding hydrogens is 428 g/mol. The van der Waals surface area contributed by atoms with Crippen molar-refractivity contribution in [2.45, 2.75) is 32.8 Å². The second-order valence-electron chi connectivity index (χ2n) is 8.66. The number of ether oxygens (including phenoxy) is 2. The Morgan fingerprint density at radius 2 is 1.88 bits per heavy atom. The number of pyridine rings is 1. The van der Waals surface area contributed by atoms with Gasteiger partial charge in [0.15, 0.2) is 0 Å². The molecule has 0 atom stereocenters. The number of benzene rings is 2. The molecule has 0 amide bonds. The molecule has 0 saturated carbocycles. The van der Waals surface area contributed by atoms with E-state index in [1.807, 2.05) is 49.4 Å². The SMILES string of the molecule is CCOc1cc(Nc2ccnc(C(C)(C)O)c2)ccc1NCCc1c[nH]c2cc(OC)ccc12. The third-order valence-corrected chi connectivity index (χ3v) is 5.64. The summed E-state index contributed by atoms with van der Waals surface area (Å²) in [6, 6.07) is 15.8. The quantitative estimate of drug-likeness (QED) is 0.246. The van der Waals surface area contributed by atoms with Crippen molar-refractivity contribution in [2.75, 3.05) is 30.9 Å². The average Bonchev–Trinajstić information content (AvgIpc) is 3.22. The maximum absolute atomic E-state index is 10.2. The molecule has 0 fully saturated rings. The summed E-state index contributed by atoms with van der Waals surface area (Å²) in [4.78, 5) is 7.59. The highest BCUT2D eigenvalue weighted by Gasteiger charge is 2.18. The molecule has 7 heteroatoms. The van der Waals surface area contributed by atoms with Crippen molar-refractivity contribution < 1.29 is 14.6 Å². The summed E-state index contributed by atoms with van der Waals surface area (Å²) in [6.07, 6.45) is 4.61. The molecule has 2 heterocycles. The first-order valence-corrected chi connectivity index (χ1v) is 11.5. The summed E-state index contributed by atoms with van der Waals surface area (Å²) in [5.41, 5.74) is 4.63. The van der Waals surface area contributed by atoms with Crippen molar-refractivity contribution in [1.82, 2.24) is 9.97 Å². The topological polar surface area (TPSA) is 91.4 Å². The Kier molecular flexibility index (Phi) is 6.93. The largest absolute Gasteiger partial charge is 0.497 e. The number of aromatic nitrogens is 2. The zero-order chi connectivity index (χ0) is 24.1. The van der Waals surface area contributed by atoms with Crippen molar-refractivity contribution in [3.05, 3.63) is 72.2 Å². The van der Waals surface area contributed by atoms with Crippen LogP contribution in [0.1, 0.15) is 32.0 Å². The molecule has 2 aromatic heterocycles. The molecule has 0 aliphatic heterocycles. The van der Waals surface area contributed by atoms with Crippen molar-refractivity contribution in [2.24, 2.45) is 0 Å². The highest BCUT2D eigenvalue weighted by Crippen LogP contribution is 2.31. The standard InChI is InChI=1S/C27H32N4O3/c1-5-34-25-14-19(31-20-11-13-29-26(15-20)27(2,3)32)6-9-23(25)28-12-10-18-17-30-24-16-21(33-4)7-8-22(18)24/h6-9,11,13-17,28,30,32H,5,10,12H2,1-4H3,(H,29,31). The summed E-state index contributed by atoms with van der Waals surface area (Å²) >= 11 is 0. The molecule has 4 rings (SSSR count). The van der Waals surface area contributed by atoms with Crippen LogP contribution in [0.2, 0.25) is 0 Å². The predicted octanol–water partition coefficient (Wildman–Crippen LogP) is 5.60. The van der Waals surface area contributed by atoms with Crippen molar-refractivity contribution in [3.8, 4) is 11.5 Å². The Labute approximate surface area is 200 Å². The third-order valence-electron chi connectivity index (χ3n) is 5.64. The summed E-state index contributed by atoms with van der Waals surface area (Å²) in [5, 5.41) is 18.3. The fourth-order valence-electron chi connectivity index (χ4n) is 3.86. The molecule has 0 radical (unpaired) electrons. The van der Waals surface area contributed by atoms with Gasteiger partial charge in [-0.3, -0.25) is 4.98 Å². The lowest BCUT2D eigenvalue weighted by Gasteiger charge is -2.18. The van der Waals surface area contributed by atoms with E-state index in [0.29, 0.717) is 12.3 Å². The highest BCUT2D eigenvalue weighted by molar-refractivity contribution is 5.84. The summed E-state index contributed by atoms with van der Waals surface area (Å²) in [6.45, 7) is 6.76. The molecule has 2 aromatic carbocycles. The number of anilines is 3. The lowest BCUT2D eigenvalue weighted by molar-refractivity contribution is 0.0739. The second kappa shape index (κ2) is 10.1. The van der Waals surface area contributed by atoms with Gasteiger partial charge in [-0.1, -0.05) is 0 Å². The number of aliphatic hydroxyl groups is 1. The first kappa shape index (κ1) is 23.4. The number of hydrogen-bond donors (Lipinski definition) is 4. The highest BCUT2D eigenvalue weighted by atomic mass is 16.5. The summed E-state index contributed by atoms with van der Waals surface area (Å²) < 4.78 is 11.2. The molecule has 0 aliphatic carbocycles. The number of aromatic amines is 1. The van der Waals surface area contributed by atoms with Gasteiger partial charge < -0.3 is 30.2 Å². The van der Waals surface area contributed by atoms with Gasteiger partial charge in [-0.2, -0.15) is 0 Å². The van der Waals surface area contributed by atoms with E-state index in [9.17, 15) is 5.11 Å². The smallest absolute Gasteiger partial charge is 0.144 e. The molecule has 0 aliphatic rings. The monoisotopic (exact) mass is 460 g/mol. The van der Waals surface area contributed by atoms with Crippen molar-refractivity contribution in [3.63, 3.8) is 0 Å². The van der Waals surface area contributed by atoms with Gasteiger partial charge in [0, 0.05) is 53.3 Å². The molecule has 0 saturated heterocycles. The summed E-state index contributed by atoms with van der Waals surface area (Å²) in [5.74, 6) is 1.63. The molecule has 0 spiro atoms. The summed E-state index contributed by atoms with van der Waals surface area (Å²) in [7, 11) is 1.68. The van der Waals surface area contributed by atoms with E-state index < -0.39 is 5.60 Å². The number of hydrogen-bond acceptors (Lipinski definition) is 6. The van der Waals surface area contributed by atoms with Crippen LogP contribution in [-0.2, 0) is 12.0 Å². The molecule has 7 nitrogen and oxygen atoms in total. The van der Waals surface area contributed by atoms with E-state index in [4.69, 9.17) is 9.47 Å². The van der Waals surface area contributed by atoms with Crippen LogP contribution in [0.25, 0.3) is 10.9 Å². The van der Waals surface area contributed by atoms with Crippen LogP contribution in [0.5, 0.6) is 11.5 Å². The lowest BCUT2D eigenvalue weighted by atomic mass is 10.0. The number of methoxy groups -OCH3 is 1. The number of nitrogens with one attached hydrogen (secondary N) is 3. The number of nitrogens with zero attached hydrogens (tertiary/aromatic N) is 1. The average molecular weight is 461 g/mol. The minimum absolute atomic E-state index is 0.570. The molecule has 4 aromatic rings. The Morgan fingerprint density at radius 1 is 1.06 bits per heavy atom. The Morgan fingerprint density at radius 3 is 2.65 bits per heavy atom. The zero-order valence-electron chi connectivity index (χ0n) is 20.1. The van der Waals surface area contributed by atoms with Gasteiger partial charge in [-0.15, -0.1) is 0 Å². The van der Waals surface area contributed by atoms with E-state index >= 15 is 0 Å². The van der Waals surface area contributed by atoms with Gasteiger partial charge in [-0.25, -0.2) is 0 Å². The van der Waals surface area contributed by atoms with Crippen LogP contribution in [0.3, 0.4) is 0 Å². The first-order valence-electron chi connectivity index (χ1n) is 11.5. The maximum atomic E-state index is 10.2. The van der Waals surface area contributed by atoms with Gasteiger partial charge in [0.25, 0.3) is 0 Å². The van der Waals surface area contributed by atoms with Gasteiger partial charge in [0.2, 0.25) is 0 Å². The third kappa shape index (κ3) is 5.43. The molecule has 4 N–H and O–H groups in total. The van der Waals surface area contributed by atoms with Crippen LogP contribution >= 0.6 is 0 Å². The minimum Gasteiger partial charge on any atom is -0.497 e. The maximum Gasteiger partial charge on any atom is 0.144 e. The first-order chi connectivity index (χ1) is 16.4. The fraction of sp³-hybridized carbons (Fsp3) is 0.296. The van der Waals surface area contributed by atoms with Gasteiger partial charge in [0.05, 0.1) is 25.1 Å². The molecule has 34 heavy (non-hydrogen) atoms. The van der Waals surface area contributed by atoms with Crippen molar-refractivity contribution in [1.29, 1.82) is 0 Å². The van der Waals surface area contributed by atoms with Gasteiger partial charge in [-0.05, 0) is 69.2 Å². The van der Waals surface area contributed by atoms with Gasteiger partial charge in [0.1, 0.15) is 17.1 Å². The van der Waals surface area contributed by atoms with E-state index in [1.165, 1.54) is 10.9 Å². The van der Waals surface area contributed by atoms with Crippen LogP contribution < -0.4 is 20.1 Å². The number of H-pyrrole nitrogens is 1. The van der Waals surface area contributed by atoms with E-state index in [-0.39, 0.29) is 0 Å². The van der Waals surface area contributed by atoms with Crippen LogP contribution in [-0.4, -0.2) is 35.3 Å². The lowest BCUT2D eigenvalue weighted by Crippen LogP contribution is -2.17. The zero-order valence-corrected chi connectivity index (χ0v) is 20.1. The van der Waals surface area contributed by atoms with Crippen LogP contribution in [0, 0.1) is 0 Å².